The molecular formula is C18H23N3S. The first-order valence-corrected chi connectivity index (χ1v) is 8.10. The van der Waals surface area contributed by atoms with E-state index >= 15 is 0 Å². The number of nitrogens with one attached hydrogen (secondary N) is 2. The van der Waals surface area contributed by atoms with Gasteiger partial charge >= 0.3 is 0 Å². The summed E-state index contributed by atoms with van der Waals surface area (Å²) in [6.07, 6.45) is 3.95. The molecule has 1 atom stereocenters. The number of anilines is 1. The van der Waals surface area contributed by atoms with E-state index in [-0.39, 0.29) is 0 Å². The number of hydrogen-bond donors (Lipinski definition) is 2. The zero-order valence-electron chi connectivity index (χ0n) is 13.2. The normalized spacial score (nSPS) is 11.7. The Balaban J connectivity index is 1.83. The summed E-state index contributed by atoms with van der Waals surface area (Å²) in [7, 11) is 0. The molecule has 0 saturated carbocycles. The second kappa shape index (κ2) is 8.49. The molecule has 1 aromatic carbocycles. The van der Waals surface area contributed by atoms with Crippen LogP contribution in [0.15, 0.2) is 48.7 Å². The topological polar surface area (TPSA) is 37.0 Å². The van der Waals surface area contributed by atoms with Gasteiger partial charge in [-0.2, -0.15) is 0 Å². The zero-order valence-corrected chi connectivity index (χ0v) is 14.0. The molecule has 1 aromatic heterocycles. The summed E-state index contributed by atoms with van der Waals surface area (Å²) in [6, 6.07) is 14.5. The van der Waals surface area contributed by atoms with E-state index in [1.54, 1.807) is 6.20 Å². The molecule has 0 radical (unpaired) electrons. The number of benzene rings is 1. The first kappa shape index (κ1) is 16.4. The largest absolute Gasteiger partial charge is 0.362 e. The Hall–Kier alpha value is -1.94. The fraction of sp³-hybridized carbons (Fsp3) is 0.333. The summed E-state index contributed by atoms with van der Waals surface area (Å²) in [5, 5.41) is 7.11. The number of rotatable bonds is 6. The molecule has 1 heterocycles. The summed E-state index contributed by atoms with van der Waals surface area (Å²) in [6.45, 7) is 5.10. The molecule has 0 saturated heterocycles. The van der Waals surface area contributed by atoms with Gasteiger partial charge in [-0.3, -0.25) is 0 Å². The Morgan fingerprint density at radius 1 is 1.18 bits per heavy atom. The molecule has 0 bridgehead atoms. The van der Waals surface area contributed by atoms with Crippen molar-refractivity contribution >= 4 is 23.1 Å². The Labute approximate surface area is 138 Å². The standard InChI is InChI=1S/C18H23N3S/c1-3-15(12-16-9-5-4-6-10-16)13-20-18(22)21-17-14(2)8-7-11-19-17/h4-11,15H,3,12-13H2,1-2H3,(H2,19,20,21,22). The lowest BCUT2D eigenvalue weighted by molar-refractivity contribution is 0.498. The van der Waals surface area contributed by atoms with E-state index in [2.05, 4.69) is 52.9 Å². The fourth-order valence-electron chi connectivity index (χ4n) is 2.31. The van der Waals surface area contributed by atoms with Gasteiger partial charge in [0.15, 0.2) is 5.11 Å². The van der Waals surface area contributed by atoms with Crippen molar-refractivity contribution in [3.8, 4) is 0 Å². The molecule has 116 valence electrons. The molecule has 22 heavy (non-hydrogen) atoms. The van der Waals surface area contributed by atoms with Crippen molar-refractivity contribution in [2.24, 2.45) is 5.92 Å². The van der Waals surface area contributed by atoms with Crippen molar-refractivity contribution in [1.82, 2.24) is 10.3 Å². The molecule has 0 aliphatic heterocycles. The Bertz CT molecular complexity index is 598. The van der Waals surface area contributed by atoms with Crippen LogP contribution < -0.4 is 10.6 Å². The highest BCUT2D eigenvalue weighted by Crippen LogP contribution is 2.12. The van der Waals surface area contributed by atoms with E-state index in [0.717, 1.165) is 30.8 Å². The van der Waals surface area contributed by atoms with E-state index < -0.39 is 0 Å². The summed E-state index contributed by atoms with van der Waals surface area (Å²) < 4.78 is 0. The van der Waals surface area contributed by atoms with Gasteiger partial charge in [0.25, 0.3) is 0 Å². The van der Waals surface area contributed by atoms with Gasteiger partial charge in [0.05, 0.1) is 0 Å². The average molecular weight is 313 g/mol. The van der Waals surface area contributed by atoms with Crippen molar-refractivity contribution in [1.29, 1.82) is 0 Å². The number of aromatic nitrogens is 1. The molecule has 0 aliphatic rings. The summed E-state index contributed by atoms with van der Waals surface area (Å²) in [5.74, 6) is 1.38. The van der Waals surface area contributed by atoms with Crippen LogP contribution in [-0.4, -0.2) is 16.6 Å². The predicted octanol–water partition coefficient (Wildman–Crippen LogP) is 3.95. The average Bonchev–Trinajstić information content (AvgIpc) is 2.54. The minimum absolute atomic E-state index is 0.562. The van der Waals surface area contributed by atoms with E-state index in [1.165, 1.54) is 5.56 Å². The lowest BCUT2D eigenvalue weighted by Gasteiger charge is -2.18. The SMILES string of the molecule is CCC(CNC(=S)Nc1ncccc1C)Cc1ccccc1. The molecule has 0 aliphatic carbocycles. The second-order valence-corrected chi connectivity index (χ2v) is 5.88. The molecule has 0 amide bonds. The quantitative estimate of drug-likeness (QED) is 0.792. The first-order chi connectivity index (χ1) is 10.7. The molecule has 2 aromatic rings. The van der Waals surface area contributed by atoms with Crippen LogP contribution in [0.1, 0.15) is 24.5 Å². The Morgan fingerprint density at radius 3 is 2.64 bits per heavy atom. The molecule has 2 rings (SSSR count). The van der Waals surface area contributed by atoms with Gasteiger partial charge in [-0.1, -0.05) is 49.7 Å². The van der Waals surface area contributed by atoms with E-state index in [0.29, 0.717) is 11.0 Å². The second-order valence-electron chi connectivity index (χ2n) is 5.47. The summed E-state index contributed by atoms with van der Waals surface area (Å²) in [5.41, 5.74) is 2.46. The maximum Gasteiger partial charge on any atom is 0.171 e. The van der Waals surface area contributed by atoms with E-state index in [4.69, 9.17) is 12.2 Å². The third kappa shape index (κ3) is 5.11. The molecule has 0 fully saturated rings. The zero-order chi connectivity index (χ0) is 15.8. The highest BCUT2D eigenvalue weighted by Gasteiger charge is 2.09. The van der Waals surface area contributed by atoms with Gasteiger partial charge in [0.1, 0.15) is 5.82 Å². The van der Waals surface area contributed by atoms with Gasteiger partial charge in [-0.15, -0.1) is 0 Å². The highest BCUT2D eigenvalue weighted by molar-refractivity contribution is 7.80. The highest BCUT2D eigenvalue weighted by atomic mass is 32.1. The van der Waals surface area contributed by atoms with E-state index in [9.17, 15) is 0 Å². The maximum absolute atomic E-state index is 5.36. The maximum atomic E-state index is 5.36. The fourth-order valence-corrected chi connectivity index (χ4v) is 2.49. The third-order valence-corrected chi connectivity index (χ3v) is 3.98. The predicted molar refractivity (Wildman–Crippen MR) is 97.1 cm³/mol. The van der Waals surface area contributed by atoms with Crippen LogP contribution in [0.3, 0.4) is 0 Å². The summed E-state index contributed by atoms with van der Waals surface area (Å²) >= 11 is 5.36. The number of thiocarbonyl (C=S) groups is 1. The molecule has 0 spiro atoms. The van der Waals surface area contributed by atoms with Gasteiger partial charge in [-0.25, -0.2) is 4.98 Å². The minimum Gasteiger partial charge on any atom is -0.362 e. The number of aryl methyl sites for hydroxylation is 1. The Kier molecular flexibility index (Phi) is 6.34. The molecule has 2 N–H and O–H groups in total. The van der Waals surface area contributed by atoms with Crippen LogP contribution in [0.25, 0.3) is 0 Å². The van der Waals surface area contributed by atoms with Crippen molar-refractivity contribution in [3.05, 3.63) is 59.8 Å². The number of nitrogens with zero attached hydrogens (tertiary/aromatic N) is 1. The number of hydrogen-bond acceptors (Lipinski definition) is 2. The van der Waals surface area contributed by atoms with E-state index in [1.807, 2.05) is 19.1 Å². The molecular weight excluding hydrogens is 290 g/mol. The lowest BCUT2D eigenvalue weighted by Crippen LogP contribution is -2.33. The van der Waals surface area contributed by atoms with Crippen LogP contribution in [0.2, 0.25) is 0 Å². The van der Waals surface area contributed by atoms with Gasteiger partial charge < -0.3 is 10.6 Å². The van der Waals surface area contributed by atoms with Crippen molar-refractivity contribution < 1.29 is 0 Å². The van der Waals surface area contributed by atoms with Gasteiger partial charge in [0, 0.05) is 12.7 Å². The van der Waals surface area contributed by atoms with Crippen LogP contribution in [0, 0.1) is 12.8 Å². The van der Waals surface area contributed by atoms with Crippen LogP contribution in [0.5, 0.6) is 0 Å². The third-order valence-electron chi connectivity index (χ3n) is 3.74. The molecule has 1 unspecified atom stereocenters. The smallest absolute Gasteiger partial charge is 0.171 e. The monoisotopic (exact) mass is 313 g/mol. The lowest BCUT2D eigenvalue weighted by atomic mass is 9.97. The van der Waals surface area contributed by atoms with Crippen LogP contribution in [0.4, 0.5) is 5.82 Å². The number of pyridine rings is 1. The first-order valence-electron chi connectivity index (χ1n) is 7.69. The van der Waals surface area contributed by atoms with Crippen molar-refractivity contribution in [3.63, 3.8) is 0 Å². The molecule has 3 nitrogen and oxygen atoms in total. The van der Waals surface area contributed by atoms with Crippen LogP contribution >= 0.6 is 12.2 Å². The van der Waals surface area contributed by atoms with Gasteiger partial charge in [0.2, 0.25) is 0 Å². The molecule has 4 heteroatoms. The van der Waals surface area contributed by atoms with Crippen LogP contribution in [-0.2, 0) is 6.42 Å². The summed E-state index contributed by atoms with van der Waals surface area (Å²) in [4.78, 5) is 4.29. The van der Waals surface area contributed by atoms with Crippen molar-refractivity contribution in [2.45, 2.75) is 26.7 Å². The Morgan fingerprint density at radius 2 is 1.95 bits per heavy atom. The minimum atomic E-state index is 0.562. The van der Waals surface area contributed by atoms with Gasteiger partial charge in [-0.05, 0) is 48.7 Å². The van der Waals surface area contributed by atoms with Crippen molar-refractivity contribution in [2.75, 3.05) is 11.9 Å².